The van der Waals surface area contributed by atoms with Crippen molar-refractivity contribution in [1.82, 2.24) is 0 Å². The average molecular weight is 182 g/mol. The van der Waals surface area contributed by atoms with Crippen molar-refractivity contribution in [1.29, 1.82) is 0 Å². The van der Waals surface area contributed by atoms with E-state index in [2.05, 4.69) is 0 Å². The number of aliphatic carboxylic acids is 1. The largest absolute Gasteiger partial charge is 0.481 e. The van der Waals surface area contributed by atoms with Crippen LogP contribution in [0.25, 0.3) is 0 Å². The molecule has 0 spiro atoms. The molecule has 1 rings (SSSR count). The van der Waals surface area contributed by atoms with Crippen molar-refractivity contribution in [2.24, 2.45) is 0 Å². The lowest BCUT2D eigenvalue weighted by Crippen LogP contribution is -2.10. The van der Waals surface area contributed by atoms with Crippen molar-refractivity contribution in [3.05, 3.63) is 35.6 Å². The molecule has 0 bridgehead atoms. The Bertz CT molecular complexity index is 310. The van der Waals surface area contributed by atoms with Gasteiger partial charge in [0.15, 0.2) is 0 Å². The van der Waals surface area contributed by atoms with E-state index in [4.69, 9.17) is 5.11 Å². The minimum atomic E-state index is -0.909. The summed E-state index contributed by atoms with van der Waals surface area (Å²) in [6, 6.07) is 5.72. The molecule has 70 valence electrons. The van der Waals surface area contributed by atoms with E-state index >= 15 is 0 Å². The number of rotatable bonds is 3. The molecule has 3 heteroatoms. The van der Waals surface area contributed by atoms with Crippen LogP contribution < -0.4 is 0 Å². The van der Waals surface area contributed by atoms with E-state index in [0.717, 1.165) is 0 Å². The molecule has 0 heterocycles. The maximum absolute atomic E-state index is 12.7. The fourth-order valence-electron chi connectivity index (χ4n) is 1.28. The first-order valence-electron chi connectivity index (χ1n) is 4.13. The van der Waals surface area contributed by atoms with E-state index in [1.807, 2.05) is 0 Å². The van der Waals surface area contributed by atoms with Crippen LogP contribution in [0.1, 0.15) is 24.8 Å². The van der Waals surface area contributed by atoms with Gasteiger partial charge in [0.05, 0.1) is 5.92 Å². The summed E-state index contributed by atoms with van der Waals surface area (Å²) in [5.74, 6) is -1.90. The van der Waals surface area contributed by atoms with Crippen molar-refractivity contribution in [3.63, 3.8) is 0 Å². The number of hydrogen-bond acceptors (Lipinski definition) is 1. The van der Waals surface area contributed by atoms with Crippen LogP contribution in [0.3, 0.4) is 0 Å². The summed E-state index contributed by atoms with van der Waals surface area (Å²) in [5, 5.41) is 8.80. The summed E-state index contributed by atoms with van der Waals surface area (Å²) < 4.78 is 12.7. The van der Waals surface area contributed by atoms with Crippen LogP contribution >= 0.6 is 0 Å². The molecule has 2 nitrogen and oxygen atoms in total. The van der Waals surface area contributed by atoms with Crippen LogP contribution in [-0.2, 0) is 4.79 Å². The maximum atomic E-state index is 12.7. The van der Waals surface area contributed by atoms with Gasteiger partial charge in [-0.15, -0.1) is 0 Å². The predicted octanol–water partition coefficient (Wildman–Crippen LogP) is 2.40. The van der Waals surface area contributed by atoms with Gasteiger partial charge in [-0.25, -0.2) is 4.39 Å². The Kier molecular flexibility index (Phi) is 3.01. The van der Waals surface area contributed by atoms with Crippen LogP contribution in [0, 0.1) is 5.82 Å². The van der Waals surface area contributed by atoms with Gasteiger partial charge in [0, 0.05) is 0 Å². The summed E-state index contributed by atoms with van der Waals surface area (Å²) in [4.78, 5) is 10.7. The van der Waals surface area contributed by atoms with E-state index in [0.29, 0.717) is 12.0 Å². The molecule has 0 saturated carbocycles. The first kappa shape index (κ1) is 9.71. The van der Waals surface area contributed by atoms with Crippen molar-refractivity contribution < 1.29 is 14.3 Å². The summed E-state index contributed by atoms with van der Waals surface area (Å²) >= 11 is 0. The summed E-state index contributed by atoms with van der Waals surface area (Å²) in [5.41, 5.74) is 0.523. The zero-order valence-corrected chi connectivity index (χ0v) is 7.33. The standard InChI is InChI=1S/C10H11FO2/c1-2-9(10(12)13)7-4-3-5-8(11)6-7/h3-6,9H,2H2,1H3,(H,12,13). The molecule has 0 aliphatic heterocycles. The Labute approximate surface area is 76.0 Å². The third kappa shape index (κ3) is 2.28. The van der Waals surface area contributed by atoms with E-state index in [1.165, 1.54) is 18.2 Å². The lowest BCUT2D eigenvalue weighted by molar-refractivity contribution is -0.138. The zero-order valence-electron chi connectivity index (χ0n) is 7.33. The summed E-state index contributed by atoms with van der Waals surface area (Å²) in [7, 11) is 0. The first-order chi connectivity index (χ1) is 6.15. The highest BCUT2D eigenvalue weighted by molar-refractivity contribution is 5.75. The molecule has 1 aromatic carbocycles. The van der Waals surface area contributed by atoms with Crippen molar-refractivity contribution in [2.75, 3.05) is 0 Å². The fourth-order valence-corrected chi connectivity index (χ4v) is 1.28. The second kappa shape index (κ2) is 4.03. The summed E-state index contributed by atoms with van der Waals surface area (Å²) in [6.07, 6.45) is 0.471. The Morgan fingerprint density at radius 1 is 1.62 bits per heavy atom. The fraction of sp³-hybridized carbons (Fsp3) is 0.300. The highest BCUT2D eigenvalue weighted by atomic mass is 19.1. The van der Waals surface area contributed by atoms with Gasteiger partial charge in [-0.2, -0.15) is 0 Å². The molecule has 0 aliphatic rings. The lowest BCUT2D eigenvalue weighted by atomic mass is 9.97. The Hall–Kier alpha value is -1.38. The molecule has 0 fully saturated rings. The van der Waals surface area contributed by atoms with Gasteiger partial charge in [0.25, 0.3) is 0 Å². The number of carbonyl (C=O) groups is 1. The van der Waals surface area contributed by atoms with Crippen LogP contribution in [0.2, 0.25) is 0 Å². The van der Waals surface area contributed by atoms with Gasteiger partial charge >= 0.3 is 5.97 Å². The lowest BCUT2D eigenvalue weighted by Gasteiger charge is -2.09. The van der Waals surface area contributed by atoms with Gasteiger partial charge in [0.2, 0.25) is 0 Å². The second-order valence-corrected chi connectivity index (χ2v) is 2.85. The SMILES string of the molecule is CCC(C(=O)O)c1cccc(F)c1. The molecule has 1 N–H and O–H groups in total. The molecule has 13 heavy (non-hydrogen) atoms. The third-order valence-electron chi connectivity index (χ3n) is 1.96. The molecule has 1 atom stereocenters. The van der Waals surface area contributed by atoms with Crippen LogP contribution in [0.4, 0.5) is 4.39 Å². The van der Waals surface area contributed by atoms with Crippen molar-refractivity contribution >= 4 is 5.97 Å². The van der Waals surface area contributed by atoms with Gasteiger partial charge in [-0.3, -0.25) is 4.79 Å². The van der Waals surface area contributed by atoms with Gasteiger partial charge in [-0.05, 0) is 24.1 Å². The quantitative estimate of drug-likeness (QED) is 0.779. The van der Waals surface area contributed by atoms with Crippen molar-refractivity contribution in [3.8, 4) is 0 Å². The summed E-state index contributed by atoms with van der Waals surface area (Å²) in [6.45, 7) is 1.77. The third-order valence-corrected chi connectivity index (χ3v) is 1.96. The normalized spacial score (nSPS) is 12.5. The van der Waals surface area contributed by atoms with Crippen LogP contribution in [-0.4, -0.2) is 11.1 Å². The first-order valence-corrected chi connectivity index (χ1v) is 4.13. The second-order valence-electron chi connectivity index (χ2n) is 2.85. The number of halogens is 1. The highest BCUT2D eigenvalue weighted by Crippen LogP contribution is 2.19. The molecule has 0 saturated heterocycles. The highest BCUT2D eigenvalue weighted by Gasteiger charge is 2.17. The van der Waals surface area contributed by atoms with Gasteiger partial charge < -0.3 is 5.11 Å². The molecule has 0 aliphatic carbocycles. The molecule has 1 unspecified atom stereocenters. The predicted molar refractivity (Wildman–Crippen MR) is 47.1 cm³/mol. The Morgan fingerprint density at radius 3 is 2.77 bits per heavy atom. The van der Waals surface area contributed by atoms with Gasteiger partial charge in [0.1, 0.15) is 5.82 Å². The van der Waals surface area contributed by atoms with E-state index in [9.17, 15) is 9.18 Å². The van der Waals surface area contributed by atoms with Crippen LogP contribution in [0.15, 0.2) is 24.3 Å². The zero-order chi connectivity index (χ0) is 9.84. The minimum Gasteiger partial charge on any atom is -0.481 e. The van der Waals surface area contributed by atoms with E-state index in [-0.39, 0.29) is 0 Å². The molecule has 1 aromatic rings. The molecule has 0 radical (unpaired) electrons. The van der Waals surface area contributed by atoms with E-state index < -0.39 is 17.7 Å². The van der Waals surface area contributed by atoms with Gasteiger partial charge in [-0.1, -0.05) is 19.1 Å². The van der Waals surface area contributed by atoms with Crippen molar-refractivity contribution in [2.45, 2.75) is 19.3 Å². The topological polar surface area (TPSA) is 37.3 Å². The smallest absolute Gasteiger partial charge is 0.310 e. The average Bonchev–Trinajstić information content (AvgIpc) is 2.04. The van der Waals surface area contributed by atoms with E-state index in [1.54, 1.807) is 13.0 Å². The number of hydrogen-bond donors (Lipinski definition) is 1. The molecular formula is C10H11FO2. The number of carboxylic acids is 1. The number of benzene rings is 1. The molecule has 0 amide bonds. The van der Waals surface area contributed by atoms with Crippen LogP contribution in [0.5, 0.6) is 0 Å². The Balaban J connectivity index is 2.98. The molecule has 0 aromatic heterocycles. The molecular weight excluding hydrogens is 171 g/mol. The maximum Gasteiger partial charge on any atom is 0.310 e. The minimum absolute atomic E-state index is 0.391. The Morgan fingerprint density at radius 2 is 2.31 bits per heavy atom. The number of carboxylic acid groups (broad SMARTS) is 1. The monoisotopic (exact) mass is 182 g/mol.